The average Bonchev–Trinajstić information content (AvgIpc) is 3.38. The normalized spacial score (nSPS) is 15.9. The molecule has 1 nitrogen and oxygen atoms in total. The van der Waals surface area contributed by atoms with Crippen LogP contribution in [-0.4, -0.2) is 4.32 Å². The van der Waals surface area contributed by atoms with Crippen molar-refractivity contribution in [2.75, 3.05) is 4.90 Å². The van der Waals surface area contributed by atoms with E-state index < -0.39 is 0 Å². The third kappa shape index (κ3) is 10.8. The zero-order valence-corrected chi connectivity index (χ0v) is 21.0. The summed E-state index contributed by atoms with van der Waals surface area (Å²) >= 11 is 10.2. The van der Waals surface area contributed by atoms with Gasteiger partial charge in [0.1, 0.15) is 0 Å². The molecule has 0 N–H and O–H groups in total. The van der Waals surface area contributed by atoms with Crippen LogP contribution in [0.15, 0.2) is 60.7 Å². The number of para-hydroxylation sites is 2. The summed E-state index contributed by atoms with van der Waals surface area (Å²) in [6.07, 6.45) is 11.9. The van der Waals surface area contributed by atoms with Gasteiger partial charge in [-0.3, -0.25) is 0 Å². The Morgan fingerprint density at radius 1 is 0.724 bits per heavy atom. The third-order valence-corrected chi connectivity index (χ3v) is 5.86. The van der Waals surface area contributed by atoms with Crippen molar-refractivity contribution in [3.8, 4) is 0 Å². The predicted octanol–water partition coefficient (Wildman–Crippen LogP) is 8.05. The van der Waals surface area contributed by atoms with E-state index in [1.54, 1.807) is 0 Å². The summed E-state index contributed by atoms with van der Waals surface area (Å²) in [6, 6.07) is 19.8. The number of nitrogens with zero attached hydrogens (tertiary/aromatic N) is 1. The number of rotatable bonds is 2. The van der Waals surface area contributed by atoms with Crippen LogP contribution in [0.2, 0.25) is 0 Å². The van der Waals surface area contributed by atoms with Crippen LogP contribution < -0.4 is 4.90 Å². The summed E-state index contributed by atoms with van der Waals surface area (Å²) in [7, 11) is 0. The predicted molar refractivity (Wildman–Crippen MR) is 130 cm³/mol. The molecule has 2 aliphatic rings. The minimum atomic E-state index is 0. The SMILES string of the molecule is CC1CCCC1.CC1CCCC1.S=C([S-])N(c1ccccc1)c1ccccc1.[Yb+3]. The van der Waals surface area contributed by atoms with E-state index in [1.165, 1.54) is 51.4 Å². The fraction of sp³-hybridized carbons (Fsp3) is 0.480. The van der Waals surface area contributed by atoms with Gasteiger partial charge in [0, 0.05) is 11.4 Å². The number of anilines is 2. The molecule has 0 unspecified atom stereocenters. The molecule has 2 aromatic carbocycles. The van der Waals surface area contributed by atoms with E-state index in [2.05, 4.69) is 13.8 Å². The topological polar surface area (TPSA) is 3.24 Å². The maximum absolute atomic E-state index is 5.12. The van der Waals surface area contributed by atoms with E-state index in [4.69, 9.17) is 24.8 Å². The van der Waals surface area contributed by atoms with Gasteiger partial charge in [-0.1, -0.05) is 106 Å². The molecule has 1 radical (unpaired) electrons. The summed E-state index contributed by atoms with van der Waals surface area (Å²) in [6.45, 7) is 4.68. The summed E-state index contributed by atoms with van der Waals surface area (Å²) in [5.41, 5.74) is 1.99. The standard InChI is InChI=1S/C13H11NS2.2C6H12.Yb/c15-13(16)14(11-7-3-1-4-8-11)12-9-5-2-6-10-12;2*1-6-4-2-3-5-6;/h1-10H,(H,15,16);2*6H,2-5H2,1H3;/q;;;+3/p-1. The van der Waals surface area contributed by atoms with Gasteiger partial charge in [0.2, 0.25) is 0 Å². The van der Waals surface area contributed by atoms with Gasteiger partial charge >= 0.3 is 46.9 Å². The molecule has 0 heterocycles. The van der Waals surface area contributed by atoms with Crippen LogP contribution in [0.1, 0.15) is 65.2 Å². The molecular weight excluding hydrogens is 551 g/mol. The van der Waals surface area contributed by atoms with Crippen LogP contribution in [0.25, 0.3) is 0 Å². The molecule has 0 amide bonds. The van der Waals surface area contributed by atoms with Crippen molar-refractivity contribution in [3.05, 3.63) is 60.7 Å². The molecule has 29 heavy (non-hydrogen) atoms. The van der Waals surface area contributed by atoms with Gasteiger partial charge in [-0.15, -0.1) is 0 Å². The number of thiocarbonyl (C=S) groups is 1. The van der Waals surface area contributed by atoms with Gasteiger partial charge in [0.25, 0.3) is 0 Å². The molecule has 0 atom stereocenters. The van der Waals surface area contributed by atoms with Crippen molar-refractivity contribution in [3.63, 3.8) is 0 Å². The third-order valence-electron chi connectivity index (χ3n) is 5.50. The van der Waals surface area contributed by atoms with E-state index >= 15 is 0 Å². The number of benzene rings is 2. The molecule has 2 aliphatic carbocycles. The minimum Gasteiger partial charge on any atom is -0.411 e. The first-order valence-electron chi connectivity index (χ1n) is 10.7. The Labute approximate surface area is 227 Å². The maximum atomic E-state index is 5.12. The van der Waals surface area contributed by atoms with E-state index in [9.17, 15) is 0 Å². The Bertz CT molecular complexity index is 612. The van der Waals surface area contributed by atoms with Crippen LogP contribution in [0.5, 0.6) is 0 Å². The van der Waals surface area contributed by atoms with Gasteiger partial charge in [0.15, 0.2) is 0 Å². The largest absolute Gasteiger partial charge is 3.00 e. The van der Waals surface area contributed by atoms with Crippen molar-refractivity contribution >= 4 is 40.5 Å². The second kappa shape index (κ2) is 15.8. The number of hydrogen-bond donors (Lipinski definition) is 0. The van der Waals surface area contributed by atoms with Crippen molar-refractivity contribution in [2.45, 2.75) is 65.2 Å². The smallest absolute Gasteiger partial charge is 0.411 e. The molecule has 2 saturated carbocycles. The van der Waals surface area contributed by atoms with Crippen molar-refractivity contribution in [1.29, 1.82) is 0 Å². The quantitative estimate of drug-likeness (QED) is 0.259. The first-order valence-corrected chi connectivity index (χ1v) is 11.5. The minimum absolute atomic E-state index is 0. The first-order chi connectivity index (χ1) is 13.6. The molecule has 2 aromatic rings. The molecule has 163 valence electrons. The van der Waals surface area contributed by atoms with E-state index in [1.807, 2.05) is 65.6 Å². The Morgan fingerprint density at radius 3 is 1.24 bits per heavy atom. The van der Waals surface area contributed by atoms with E-state index in [0.29, 0.717) is 4.32 Å². The van der Waals surface area contributed by atoms with Crippen molar-refractivity contribution in [1.82, 2.24) is 0 Å². The van der Waals surface area contributed by atoms with Crippen molar-refractivity contribution < 1.29 is 46.9 Å². The second-order valence-electron chi connectivity index (χ2n) is 8.05. The van der Waals surface area contributed by atoms with Crippen molar-refractivity contribution in [2.24, 2.45) is 11.8 Å². The Balaban J connectivity index is 0.000000265. The second-order valence-corrected chi connectivity index (χ2v) is 9.08. The molecule has 2 fully saturated rings. The molecule has 4 rings (SSSR count). The maximum Gasteiger partial charge on any atom is 3.00 e. The fourth-order valence-electron chi connectivity index (χ4n) is 3.77. The van der Waals surface area contributed by atoms with Gasteiger partial charge in [0.05, 0.1) is 0 Å². The number of hydrogen-bond acceptors (Lipinski definition) is 2. The average molecular weight is 586 g/mol. The monoisotopic (exact) mass is 586 g/mol. The Kier molecular flexibility index (Phi) is 14.8. The van der Waals surface area contributed by atoms with Gasteiger partial charge < -0.3 is 29.7 Å². The van der Waals surface area contributed by atoms with Gasteiger partial charge in [-0.2, -0.15) is 0 Å². The summed E-state index contributed by atoms with van der Waals surface area (Å²) < 4.78 is 0.428. The molecule has 0 aliphatic heterocycles. The fourth-order valence-corrected chi connectivity index (χ4v) is 4.20. The molecule has 0 spiro atoms. The summed E-state index contributed by atoms with van der Waals surface area (Å²) in [4.78, 5) is 1.88. The van der Waals surface area contributed by atoms with Crippen LogP contribution >= 0.6 is 12.2 Å². The van der Waals surface area contributed by atoms with E-state index in [0.717, 1.165) is 23.2 Å². The van der Waals surface area contributed by atoms with Gasteiger partial charge in [-0.25, -0.2) is 0 Å². The zero-order chi connectivity index (χ0) is 20.2. The molecule has 0 saturated heterocycles. The summed E-state index contributed by atoms with van der Waals surface area (Å²) in [5.74, 6) is 2.09. The zero-order valence-electron chi connectivity index (χ0n) is 17.6. The first kappa shape index (κ1) is 27.1. The molecule has 0 bridgehead atoms. The summed E-state index contributed by atoms with van der Waals surface area (Å²) in [5, 5.41) is 0. The molecular formula is C25H34NS2Yb+2. The van der Waals surface area contributed by atoms with E-state index in [-0.39, 0.29) is 46.9 Å². The van der Waals surface area contributed by atoms with Crippen LogP contribution in [0.4, 0.5) is 11.4 Å². The van der Waals surface area contributed by atoms with Crippen LogP contribution in [0, 0.1) is 58.8 Å². The van der Waals surface area contributed by atoms with Crippen LogP contribution in [-0.2, 0) is 12.6 Å². The van der Waals surface area contributed by atoms with Gasteiger partial charge in [-0.05, 0) is 36.1 Å². The Morgan fingerprint density at radius 2 is 1.03 bits per heavy atom. The Hall–Kier alpha value is 0.0695. The molecule has 4 heteroatoms. The molecule has 0 aromatic heterocycles. The van der Waals surface area contributed by atoms with Crippen LogP contribution in [0.3, 0.4) is 0 Å².